The topological polar surface area (TPSA) is 12.5 Å². The Balaban J connectivity index is 1.96. The summed E-state index contributed by atoms with van der Waals surface area (Å²) in [5.41, 5.74) is 0. The Morgan fingerprint density at radius 3 is 2.54 bits per heavy atom. The van der Waals surface area contributed by atoms with Crippen LogP contribution < -0.4 is 0 Å². The van der Waals surface area contributed by atoms with Crippen LogP contribution in [-0.2, 0) is 4.74 Å². The molecule has 1 unspecified atom stereocenters. The quantitative estimate of drug-likeness (QED) is 0.653. The zero-order valence-electron chi connectivity index (χ0n) is 7.80. The number of hydrogen-bond donors (Lipinski definition) is 0. The molecule has 4 heteroatoms. The van der Waals surface area contributed by atoms with Crippen LogP contribution in [0.4, 0.5) is 8.78 Å². The molecule has 2 aliphatic rings. The number of halogens is 2. The zero-order chi connectivity index (χ0) is 9.47. The molecule has 2 nitrogen and oxygen atoms in total. The number of ether oxygens (including phenoxy) is 1. The van der Waals surface area contributed by atoms with E-state index in [4.69, 9.17) is 4.74 Å². The van der Waals surface area contributed by atoms with Gasteiger partial charge in [-0.15, -0.1) is 0 Å². The number of hydrogen-bond acceptors (Lipinski definition) is 2. The molecule has 0 N–H and O–H groups in total. The van der Waals surface area contributed by atoms with Crippen molar-refractivity contribution in [2.24, 2.45) is 5.92 Å². The minimum absolute atomic E-state index is 0.0699. The van der Waals surface area contributed by atoms with Crippen molar-refractivity contribution in [3.8, 4) is 0 Å². The van der Waals surface area contributed by atoms with Crippen LogP contribution in [0.15, 0.2) is 0 Å². The third kappa shape index (κ3) is 1.57. The Morgan fingerprint density at radius 1 is 1.46 bits per heavy atom. The number of alkyl halides is 2. The highest BCUT2D eigenvalue weighted by atomic mass is 19.3. The first-order chi connectivity index (χ1) is 6.13. The first-order valence-electron chi connectivity index (χ1n) is 4.83. The fraction of sp³-hybridized carbons (Fsp3) is 1.00. The standard InChI is InChI=1S/C9H15F2NO/c1-2-7-3-12(6-9(7,10)11)8-4-13-5-8/h7-8H,2-6H2,1H3. The lowest BCUT2D eigenvalue weighted by molar-refractivity contribution is -0.0731. The average molecular weight is 191 g/mol. The van der Waals surface area contributed by atoms with Crippen molar-refractivity contribution < 1.29 is 13.5 Å². The first-order valence-corrected chi connectivity index (χ1v) is 4.83. The summed E-state index contributed by atoms with van der Waals surface area (Å²) in [7, 11) is 0. The van der Waals surface area contributed by atoms with E-state index in [0.29, 0.717) is 26.2 Å². The van der Waals surface area contributed by atoms with Crippen LogP contribution in [0.1, 0.15) is 13.3 Å². The lowest BCUT2D eigenvalue weighted by Crippen LogP contribution is -2.48. The molecule has 0 amide bonds. The number of rotatable bonds is 2. The highest BCUT2D eigenvalue weighted by Gasteiger charge is 2.49. The van der Waals surface area contributed by atoms with Crippen LogP contribution >= 0.6 is 0 Å². The van der Waals surface area contributed by atoms with Crippen LogP contribution in [0.2, 0.25) is 0 Å². The molecular weight excluding hydrogens is 176 g/mol. The van der Waals surface area contributed by atoms with E-state index < -0.39 is 11.8 Å². The third-order valence-electron chi connectivity index (χ3n) is 3.10. The van der Waals surface area contributed by atoms with Crippen molar-refractivity contribution in [3.05, 3.63) is 0 Å². The van der Waals surface area contributed by atoms with Crippen LogP contribution in [0.5, 0.6) is 0 Å². The van der Waals surface area contributed by atoms with Crippen LogP contribution in [-0.4, -0.2) is 43.2 Å². The molecule has 2 fully saturated rings. The van der Waals surface area contributed by atoms with Gasteiger partial charge in [-0.2, -0.15) is 0 Å². The second kappa shape index (κ2) is 3.17. The summed E-state index contributed by atoms with van der Waals surface area (Å²) in [5.74, 6) is -2.93. The lowest BCUT2D eigenvalue weighted by atomic mass is 10.0. The second-order valence-corrected chi connectivity index (χ2v) is 3.99. The minimum atomic E-state index is -2.48. The van der Waals surface area contributed by atoms with Crippen molar-refractivity contribution in [1.29, 1.82) is 0 Å². The van der Waals surface area contributed by atoms with E-state index in [2.05, 4.69) is 0 Å². The van der Waals surface area contributed by atoms with E-state index in [-0.39, 0.29) is 12.6 Å². The average Bonchev–Trinajstić information content (AvgIpc) is 2.21. The fourth-order valence-electron chi connectivity index (χ4n) is 2.02. The van der Waals surface area contributed by atoms with E-state index >= 15 is 0 Å². The van der Waals surface area contributed by atoms with Crippen LogP contribution in [0.25, 0.3) is 0 Å². The maximum absolute atomic E-state index is 13.3. The maximum atomic E-state index is 13.3. The van der Waals surface area contributed by atoms with Crippen LogP contribution in [0.3, 0.4) is 0 Å². The van der Waals surface area contributed by atoms with Gasteiger partial charge in [0.1, 0.15) is 0 Å². The van der Waals surface area contributed by atoms with E-state index in [1.807, 2.05) is 11.8 Å². The predicted octanol–water partition coefficient (Wildman–Crippen LogP) is 1.36. The Kier molecular flexibility index (Phi) is 2.28. The van der Waals surface area contributed by atoms with Gasteiger partial charge in [-0.05, 0) is 6.42 Å². The summed E-state index contributed by atoms with van der Waals surface area (Å²) in [6, 6.07) is 0.252. The summed E-state index contributed by atoms with van der Waals surface area (Å²) >= 11 is 0. The Morgan fingerprint density at radius 2 is 2.15 bits per heavy atom. The van der Waals surface area contributed by atoms with E-state index in [0.717, 1.165) is 0 Å². The predicted molar refractivity (Wildman–Crippen MR) is 44.9 cm³/mol. The monoisotopic (exact) mass is 191 g/mol. The summed E-state index contributed by atoms with van der Waals surface area (Å²) in [4.78, 5) is 1.87. The summed E-state index contributed by atoms with van der Waals surface area (Å²) < 4.78 is 31.6. The molecule has 2 heterocycles. The van der Waals surface area contributed by atoms with E-state index in [9.17, 15) is 8.78 Å². The summed E-state index contributed by atoms with van der Waals surface area (Å²) in [5, 5.41) is 0. The van der Waals surface area contributed by atoms with Gasteiger partial charge in [-0.1, -0.05) is 6.92 Å². The Hall–Kier alpha value is -0.220. The van der Waals surface area contributed by atoms with Gasteiger partial charge in [0, 0.05) is 12.5 Å². The molecule has 0 saturated carbocycles. The van der Waals surface area contributed by atoms with Crippen molar-refractivity contribution in [2.45, 2.75) is 25.3 Å². The van der Waals surface area contributed by atoms with Gasteiger partial charge < -0.3 is 4.74 Å². The molecule has 2 saturated heterocycles. The maximum Gasteiger partial charge on any atom is 0.264 e. The van der Waals surface area contributed by atoms with Gasteiger partial charge in [0.15, 0.2) is 0 Å². The second-order valence-electron chi connectivity index (χ2n) is 3.99. The van der Waals surface area contributed by atoms with Gasteiger partial charge in [-0.3, -0.25) is 4.90 Å². The molecule has 0 aliphatic carbocycles. The van der Waals surface area contributed by atoms with Crippen molar-refractivity contribution in [1.82, 2.24) is 4.90 Å². The van der Waals surface area contributed by atoms with Gasteiger partial charge >= 0.3 is 0 Å². The molecule has 2 aliphatic heterocycles. The Labute approximate surface area is 76.9 Å². The Bertz CT molecular complexity index is 194. The number of likely N-dealkylation sites (tertiary alicyclic amines) is 1. The minimum Gasteiger partial charge on any atom is -0.378 e. The molecular formula is C9H15F2NO. The molecule has 0 radical (unpaired) electrons. The smallest absolute Gasteiger partial charge is 0.264 e. The molecule has 2 rings (SSSR count). The van der Waals surface area contributed by atoms with Gasteiger partial charge in [0.25, 0.3) is 5.92 Å². The highest BCUT2D eigenvalue weighted by Crippen LogP contribution is 2.36. The SMILES string of the molecule is CCC1CN(C2COC2)CC1(F)F. The van der Waals surface area contributed by atoms with E-state index in [1.165, 1.54) is 0 Å². The van der Waals surface area contributed by atoms with Gasteiger partial charge in [0.2, 0.25) is 0 Å². The van der Waals surface area contributed by atoms with Gasteiger partial charge in [0.05, 0.1) is 25.8 Å². The molecule has 76 valence electrons. The van der Waals surface area contributed by atoms with Crippen molar-refractivity contribution >= 4 is 0 Å². The van der Waals surface area contributed by atoms with Crippen molar-refractivity contribution in [3.63, 3.8) is 0 Å². The largest absolute Gasteiger partial charge is 0.378 e. The van der Waals surface area contributed by atoms with Crippen molar-refractivity contribution in [2.75, 3.05) is 26.3 Å². The highest BCUT2D eigenvalue weighted by molar-refractivity contribution is 4.94. The number of nitrogens with zero attached hydrogens (tertiary/aromatic N) is 1. The summed E-state index contributed by atoms with van der Waals surface area (Å²) in [6.07, 6.45) is 0.567. The molecule has 0 aromatic heterocycles. The molecule has 13 heavy (non-hydrogen) atoms. The zero-order valence-corrected chi connectivity index (χ0v) is 7.80. The lowest BCUT2D eigenvalue weighted by Gasteiger charge is -2.34. The normalized spacial score (nSPS) is 34.8. The van der Waals surface area contributed by atoms with Gasteiger partial charge in [-0.25, -0.2) is 8.78 Å². The molecule has 0 aromatic carbocycles. The first kappa shape index (κ1) is 9.34. The third-order valence-corrected chi connectivity index (χ3v) is 3.10. The van der Waals surface area contributed by atoms with Crippen LogP contribution in [0, 0.1) is 5.92 Å². The molecule has 0 bridgehead atoms. The molecule has 0 spiro atoms. The molecule has 0 aromatic rings. The molecule has 1 atom stereocenters. The fourth-order valence-corrected chi connectivity index (χ4v) is 2.02. The van der Waals surface area contributed by atoms with E-state index in [1.54, 1.807) is 0 Å². The summed E-state index contributed by atoms with van der Waals surface area (Å²) in [6.45, 7) is 3.56.